The molecule has 0 unspecified atom stereocenters. The number of halogens is 1. The molecule has 4 aliphatic heterocycles. The van der Waals surface area contributed by atoms with E-state index in [1.165, 1.54) is 4.90 Å². The second kappa shape index (κ2) is 12.9. The van der Waals surface area contributed by atoms with Gasteiger partial charge in [-0.1, -0.05) is 72.3 Å². The topological polar surface area (TPSA) is 117 Å². The van der Waals surface area contributed by atoms with Crippen LogP contribution in [0.4, 0.5) is 0 Å². The average Bonchev–Trinajstić information content (AvgIpc) is 3.59. The van der Waals surface area contributed by atoms with Gasteiger partial charge in [0.25, 0.3) is 0 Å². The van der Waals surface area contributed by atoms with Crippen LogP contribution in [0.25, 0.3) is 0 Å². The summed E-state index contributed by atoms with van der Waals surface area (Å²) in [4.78, 5) is 62.0. The Hall–Kier alpha value is -3.02. The van der Waals surface area contributed by atoms with Gasteiger partial charge >= 0.3 is 5.97 Å². The fourth-order valence-electron chi connectivity index (χ4n) is 7.43. The van der Waals surface area contributed by atoms with Crippen LogP contribution in [0.5, 0.6) is 0 Å². The van der Waals surface area contributed by atoms with Crippen LogP contribution in [0.1, 0.15) is 66.1 Å². The number of aliphatic hydroxyl groups excluding tert-OH is 1. The number of carbonyl (C=O) groups excluding carboxylic acids is 4. The third-order valence-corrected chi connectivity index (χ3v) is 10.7. The average molecular weight is 701 g/mol. The van der Waals surface area contributed by atoms with E-state index in [0.29, 0.717) is 16.5 Å². The number of fused-ring (bicyclic) bond motifs is 2. The van der Waals surface area contributed by atoms with Crippen LogP contribution in [0.3, 0.4) is 0 Å². The number of esters is 1. The Morgan fingerprint density at radius 2 is 1.72 bits per heavy atom. The molecule has 5 rings (SSSR count). The maximum absolute atomic E-state index is 14.8. The first-order chi connectivity index (χ1) is 21.7. The molecule has 0 radical (unpaired) electrons. The summed E-state index contributed by atoms with van der Waals surface area (Å²) in [6.45, 7) is 11.3. The van der Waals surface area contributed by atoms with Gasteiger partial charge in [0.1, 0.15) is 29.8 Å². The number of cyclic esters (lactones) is 1. The highest BCUT2D eigenvalue weighted by Gasteiger charge is 2.76. The molecular weight excluding hydrogens is 654 g/mol. The van der Waals surface area contributed by atoms with E-state index in [1.54, 1.807) is 22.9 Å². The highest BCUT2D eigenvalue weighted by Crippen LogP contribution is 2.59. The normalized spacial score (nSPS) is 33.8. The number of hydrogen-bond donors (Lipinski definition) is 1. The minimum Gasteiger partial charge on any atom is -0.455 e. The predicted octanol–water partition coefficient (Wildman–Crippen LogP) is 3.99. The van der Waals surface area contributed by atoms with E-state index in [1.807, 2.05) is 84.0 Å². The largest absolute Gasteiger partial charge is 0.455 e. The summed E-state index contributed by atoms with van der Waals surface area (Å²) in [7, 11) is 1.70. The summed E-state index contributed by atoms with van der Waals surface area (Å²) >= 11 is 3.60. The molecule has 46 heavy (non-hydrogen) atoms. The number of likely N-dealkylation sites (N-methyl/N-ethyl adjacent to an activating group) is 1. The van der Waals surface area contributed by atoms with Crippen molar-refractivity contribution in [3.05, 3.63) is 58.6 Å². The molecule has 0 aromatic heterocycles. The van der Waals surface area contributed by atoms with Crippen molar-refractivity contribution >= 4 is 39.6 Å². The molecule has 250 valence electrons. The first kappa shape index (κ1) is 34.3. The van der Waals surface area contributed by atoms with E-state index in [9.17, 15) is 24.3 Å². The first-order valence-electron chi connectivity index (χ1n) is 16.1. The summed E-state index contributed by atoms with van der Waals surface area (Å²) in [5, 5.41) is 10.6. The SMILES string of the molecule is CC(C)[C@H](CO)N1C(=O)[C@H]2[C@@H]3C(=O)O[C@H](c4ccccc4)[C@@H](C)N(C)C(=O)CC/C=C\CN(C(C)(C)C)C(=O)[C@H]1[C@@]21C=C(Br)[C@@H]3O1. The highest BCUT2D eigenvalue weighted by molar-refractivity contribution is 9.11. The molecule has 1 aromatic rings. The van der Waals surface area contributed by atoms with Gasteiger partial charge in [0.2, 0.25) is 17.7 Å². The number of nitrogens with zero attached hydrogens (tertiary/aromatic N) is 3. The van der Waals surface area contributed by atoms with E-state index in [4.69, 9.17) is 9.47 Å². The van der Waals surface area contributed by atoms with Crippen LogP contribution in [0, 0.1) is 17.8 Å². The lowest BCUT2D eigenvalue weighted by Crippen LogP contribution is -2.62. The number of hydrogen-bond acceptors (Lipinski definition) is 7. The van der Waals surface area contributed by atoms with Crippen molar-refractivity contribution in [2.24, 2.45) is 17.8 Å². The second-order valence-electron chi connectivity index (χ2n) is 14.2. The van der Waals surface area contributed by atoms with Gasteiger partial charge in [0, 0.05) is 30.0 Å². The van der Waals surface area contributed by atoms with Crippen LogP contribution in [0.15, 0.2) is 53.0 Å². The van der Waals surface area contributed by atoms with Crippen molar-refractivity contribution in [2.75, 3.05) is 20.2 Å². The minimum atomic E-state index is -1.45. The summed E-state index contributed by atoms with van der Waals surface area (Å²) < 4.78 is 13.5. The van der Waals surface area contributed by atoms with Crippen LogP contribution in [-0.4, -0.2) is 99.1 Å². The van der Waals surface area contributed by atoms with E-state index in [2.05, 4.69) is 15.9 Å². The maximum Gasteiger partial charge on any atom is 0.313 e. The second-order valence-corrected chi connectivity index (χ2v) is 15.1. The van der Waals surface area contributed by atoms with Crippen LogP contribution < -0.4 is 0 Å². The monoisotopic (exact) mass is 699 g/mol. The van der Waals surface area contributed by atoms with E-state index in [-0.39, 0.29) is 37.3 Å². The maximum atomic E-state index is 14.8. The Kier molecular flexibility index (Phi) is 9.61. The molecule has 1 N–H and O–H groups in total. The highest BCUT2D eigenvalue weighted by atomic mass is 79.9. The van der Waals surface area contributed by atoms with E-state index < -0.39 is 65.2 Å². The summed E-state index contributed by atoms with van der Waals surface area (Å²) in [6.07, 6.45) is 4.58. The summed E-state index contributed by atoms with van der Waals surface area (Å²) in [6, 6.07) is 6.91. The van der Waals surface area contributed by atoms with Gasteiger partial charge in [-0.2, -0.15) is 0 Å². The lowest BCUT2D eigenvalue weighted by Gasteiger charge is -2.43. The molecule has 0 saturated carbocycles. The number of ether oxygens (including phenoxy) is 2. The third-order valence-electron chi connectivity index (χ3n) is 10.1. The lowest BCUT2D eigenvalue weighted by molar-refractivity contribution is -0.165. The number of likely N-dealkylation sites (tertiary alicyclic amines) is 1. The summed E-state index contributed by atoms with van der Waals surface area (Å²) in [5.41, 5.74) is -1.39. The lowest BCUT2D eigenvalue weighted by atomic mass is 9.74. The standard InChI is InChI=1S/C35H46BrN3O7/c1-20(2)24(19-40)39-30-32(43)38(34(4,5)6)17-13-9-12-16-25(41)37(7)21(3)28(22-14-10-8-11-15-22)45-33(44)26-27(31(39)42)35(30)18-23(36)29(26)46-35/h8-11,13-15,18,20-21,24,26-30,40H,12,16-17,19H2,1-7H3/b13-9-/t21-,24+,26+,27-,28+,29+,30+,35-/m1/s1. The number of aliphatic hydroxyl groups is 1. The van der Waals surface area contributed by atoms with Gasteiger partial charge in [-0.3, -0.25) is 19.2 Å². The molecule has 10 nitrogen and oxygen atoms in total. The molecule has 0 aliphatic carbocycles. The molecule has 3 amide bonds. The molecule has 1 spiro atoms. The number of rotatable bonds is 4. The number of carbonyl (C=O) groups is 4. The molecule has 5 bridgehead atoms. The minimum absolute atomic E-state index is 0.108. The van der Waals surface area contributed by atoms with Crippen molar-refractivity contribution in [3.63, 3.8) is 0 Å². The fourth-order valence-corrected chi connectivity index (χ4v) is 8.16. The first-order valence-corrected chi connectivity index (χ1v) is 16.9. The molecule has 2 saturated heterocycles. The van der Waals surface area contributed by atoms with Gasteiger partial charge in [0.15, 0.2) is 0 Å². The van der Waals surface area contributed by atoms with Crippen LogP contribution >= 0.6 is 15.9 Å². The molecular formula is C35H46BrN3O7. The predicted molar refractivity (Wildman–Crippen MR) is 175 cm³/mol. The zero-order valence-corrected chi connectivity index (χ0v) is 29.3. The van der Waals surface area contributed by atoms with Gasteiger partial charge in [-0.15, -0.1) is 0 Å². The fraction of sp³-hybridized carbons (Fsp3) is 0.600. The molecule has 2 fully saturated rings. The van der Waals surface area contributed by atoms with Gasteiger partial charge in [0.05, 0.1) is 24.6 Å². The van der Waals surface area contributed by atoms with Crippen LogP contribution in [0.2, 0.25) is 0 Å². The Labute approximate surface area is 279 Å². The van der Waals surface area contributed by atoms with Gasteiger partial charge in [-0.25, -0.2) is 0 Å². The third kappa shape index (κ3) is 5.72. The Morgan fingerprint density at radius 1 is 1.04 bits per heavy atom. The zero-order valence-electron chi connectivity index (χ0n) is 27.7. The molecule has 11 heteroatoms. The van der Waals surface area contributed by atoms with Gasteiger partial charge in [-0.05, 0) is 51.7 Å². The van der Waals surface area contributed by atoms with E-state index in [0.717, 1.165) is 0 Å². The van der Waals surface area contributed by atoms with Gasteiger partial charge < -0.3 is 29.3 Å². The van der Waals surface area contributed by atoms with E-state index >= 15 is 0 Å². The quantitative estimate of drug-likeness (QED) is 0.373. The van der Waals surface area contributed by atoms with Crippen molar-refractivity contribution in [3.8, 4) is 0 Å². The van der Waals surface area contributed by atoms with Crippen molar-refractivity contribution < 1.29 is 33.8 Å². The zero-order chi connectivity index (χ0) is 33.7. The Morgan fingerprint density at radius 3 is 2.33 bits per heavy atom. The molecule has 4 heterocycles. The molecule has 4 aliphatic rings. The van der Waals surface area contributed by atoms with Crippen LogP contribution in [-0.2, 0) is 28.7 Å². The molecule has 1 aromatic carbocycles. The Bertz CT molecular complexity index is 1420. The van der Waals surface area contributed by atoms with Crippen molar-refractivity contribution in [1.82, 2.24) is 14.7 Å². The Balaban J connectivity index is 1.68. The molecule has 8 atom stereocenters. The van der Waals surface area contributed by atoms with Crippen molar-refractivity contribution in [1.29, 1.82) is 0 Å². The number of benzene rings is 1. The smallest absolute Gasteiger partial charge is 0.313 e. The van der Waals surface area contributed by atoms with Crippen molar-refractivity contribution in [2.45, 2.75) is 95.9 Å². The number of allylic oxidation sites excluding steroid dienone is 1. The summed E-state index contributed by atoms with van der Waals surface area (Å²) in [5.74, 6) is -3.81. The number of amides is 3.